The standard InChI is InChI=1S/C16H20N4O2S/c1-10-7-6-8-12(9-10)15(22)20(16(3,4)5)18-14(21)13-11(2)17-19-23-13/h6-9H,1-5H3,(H,18,21). The normalized spacial score (nSPS) is 11.2. The van der Waals surface area contributed by atoms with Crippen LogP contribution in [-0.2, 0) is 0 Å². The molecule has 1 N–H and O–H groups in total. The van der Waals surface area contributed by atoms with Crippen molar-refractivity contribution in [1.29, 1.82) is 0 Å². The summed E-state index contributed by atoms with van der Waals surface area (Å²) < 4.78 is 3.75. The summed E-state index contributed by atoms with van der Waals surface area (Å²) in [6.45, 7) is 9.21. The van der Waals surface area contributed by atoms with Crippen LogP contribution in [0, 0.1) is 13.8 Å². The minimum absolute atomic E-state index is 0.260. The molecule has 0 unspecified atom stereocenters. The maximum Gasteiger partial charge on any atom is 0.283 e. The van der Waals surface area contributed by atoms with E-state index >= 15 is 0 Å². The number of carbonyl (C=O) groups excluding carboxylic acids is 2. The summed E-state index contributed by atoms with van der Waals surface area (Å²) in [6.07, 6.45) is 0. The summed E-state index contributed by atoms with van der Waals surface area (Å²) >= 11 is 1.01. The summed E-state index contributed by atoms with van der Waals surface area (Å²) in [5.41, 5.74) is 4.17. The van der Waals surface area contributed by atoms with Gasteiger partial charge in [0.1, 0.15) is 4.88 Å². The van der Waals surface area contributed by atoms with Gasteiger partial charge < -0.3 is 0 Å². The molecular weight excluding hydrogens is 312 g/mol. The number of hydrazine groups is 1. The van der Waals surface area contributed by atoms with E-state index in [-0.39, 0.29) is 11.8 Å². The average molecular weight is 332 g/mol. The molecule has 1 aromatic carbocycles. The second kappa shape index (κ2) is 6.45. The monoisotopic (exact) mass is 332 g/mol. The van der Waals surface area contributed by atoms with Gasteiger partial charge in [-0.15, -0.1) is 5.10 Å². The molecule has 0 aliphatic rings. The van der Waals surface area contributed by atoms with Crippen molar-refractivity contribution < 1.29 is 9.59 Å². The molecule has 0 spiro atoms. The Morgan fingerprint density at radius 1 is 1.22 bits per heavy atom. The smallest absolute Gasteiger partial charge is 0.267 e. The number of amides is 2. The number of benzene rings is 1. The van der Waals surface area contributed by atoms with Gasteiger partial charge in [0.05, 0.1) is 11.2 Å². The quantitative estimate of drug-likeness (QED) is 0.858. The average Bonchev–Trinajstić information content (AvgIpc) is 2.89. The molecule has 0 saturated carbocycles. The number of rotatable bonds is 2. The minimum Gasteiger partial charge on any atom is -0.267 e. The third kappa shape index (κ3) is 3.92. The fourth-order valence-electron chi connectivity index (χ4n) is 2.02. The third-order valence-corrected chi connectivity index (χ3v) is 4.04. The van der Waals surface area contributed by atoms with Crippen molar-refractivity contribution in [2.45, 2.75) is 40.2 Å². The zero-order valence-electron chi connectivity index (χ0n) is 13.9. The summed E-state index contributed by atoms with van der Waals surface area (Å²) in [5, 5.41) is 5.18. The lowest BCUT2D eigenvalue weighted by Gasteiger charge is -2.35. The Morgan fingerprint density at radius 2 is 1.91 bits per heavy atom. The summed E-state index contributed by atoms with van der Waals surface area (Å²) in [7, 11) is 0. The Morgan fingerprint density at radius 3 is 2.43 bits per heavy atom. The van der Waals surface area contributed by atoms with Gasteiger partial charge in [0.2, 0.25) is 0 Å². The number of hydrogen-bond acceptors (Lipinski definition) is 5. The van der Waals surface area contributed by atoms with Crippen molar-refractivity contribution in [2.24, 2.45) is 0 Å². The molecule has 2 aromatic rings. The molecule has 0 aliphatic carbocycles. The lowest BCUT2D eigenvalue weighted by molar-refractivity contribution is 0.0360. The molecule has 6 nitrogen and oxygen atoms in total. The van der Waals surface area contributed by atoms with Crippen LogP contribution < -0.4 is 5.43 Å². The highest BCUT2D eigenvalue weighted by molar-refractivity contribution is 7.07. The van der Waals surface area contributed by atoms with Crippen molar-refractivity contribution >= 4 is 23.3 Å². The predicted molar refractivity (Wildman–Crippen MR) is 89.2 cm³/mol. The van der Waals surface area contributed by atoms with E-state index in [0.29, 0.717) is 16.1 Å². The summed E-state index contributed by atoms with van der Waals surface area (Å²) in [6, 6.07) is 7.28. The molecule has 2 rings (SSSR count). The lowest BCUT2D eigenvalue weighted by Crippen LogP contribution is -2.55. The largest absolute Gasteiger partial charge is 0.283 e. The number of nitrogens with zero attached hydrogens (tertiary/aromatic N) is 3. The van der Waals surface area contributed by atoms with E-state index in [2.05, 4.69) is 15.0 Å². The molecule has 0 aliphatic heterocycles. The van der Waals surface area contributed by atoms with E-state index < -0.39 is 5.54 Å². The predicted octanol–water partition coefficient (Wildman–Crippen LogP) is 2.74. The molecule has 0 bridgehead atoms. The molecule has 2 amide bonds. The van der Waals surface area contributed by atoms with E-state index in [0.717, 1.165) is 17.1 Å². The van der Waals surface area contributed by atoms with Crippen molar-refractivity contribution in [3.8, 4) is 0 Å². The van der Waals surface area contributed by atoms with Gasteiger partial charge in [-0.25, -0.2) is 5.01 Å². The Labute approximate surface area is 139 Å². The number of aryl methyl sites for hydroxylation is 2. The first kappa shape index (κ1) is 17.1. The second-order valence-corrected chi connectivity index (χ2v) is 7.06. The molecule has 0 fully saturated rings. The molecule has 0 atom stereocenters. The van der Waals surface area contributed by atoms with Crippen LogP contribution in [0.1, 0.15) is 52.1 Å². The van der Waals surface area contributed by atoms with Crippen LogP contribution in [0.5, 0.6) is 0 Å². The van der Waals surface area contributed by atoms with Crippen LogP contribution in [0.3, 0.4) is 0 Å². The number of aromatic nitrogens is 2. The highest BCUT2D eigenvalue weighted by atomic mass is 32.1. The highest BCUT2D eigenvalue weighted by Crippen LogP contribution is 2.17. The fourth-order valence-corrected chi connectivity index (χ4v) is 2.57. The number of hydrogen-bond donors (Lipinski definition) is 1. The van der Waals surface area contributed by atoms with Crippen LogP contribution in [0.15, 0.2) is 24.3 Å². The van der Waals surface area contributed by atoms with Gasteiger partial charge in [-0.3, -0.25) is 15.0 Å². The van der Waals surface area contributed by atoms with Gasteiger partial charge in [0, 0.05) is 5.56 Å². The molecule has 1 heterocycles. The Kier molecular flexibility index (Phi) is 4.79. The lowest BCUT2D eigenvalue weighted by atomic mass is 10.1. The highest BCUT2D eigenvalue weighted by Gasteiger charge is 2.30. The summed E-state index contributed by atoms with van der Waals surface area (Å²) in [4.78, 5) is 25.6. The Hall–Kier alpha value is -2.28. The first-order valence-corrected chi connectivity index (χ1v) is 7.98. The van der Waals surface area contributed by atoms with Crippen LogP contribution >= 0.6 is 11.5 Å². The molecule has 0 saturated heterocycles. The van der Waals surface area contributed by atoms with Gasteiger partial charge in [0.25, 0.3) is 11.8 Å². The van der Waals surface area contributed by atoms with Crippen LogP contribution in [0.4, 0.5) is 0 Å². The van der Waals surface area contributed by atoms with Gasteiger partial charge in [0.15, 0.2) is 0 Å². The van der Waals surface area contributed by atoms with Gasteiger partial charge in [-0.05, 0) is 58.3 Å². The zero-order chi connectivity index (χ0) is 17.2. The molecule has 0 radical (unpaired) electrons. The van der Waals surface area contributed by atoms with Gasteiger partial charge >= 0.3 is 0 Å². The number of nitrogens with one attached hydrogen (secondary N) is 1. The van der Waals surface area contributed by atoms with E-state index in [1.54, 1.807) is 19.1 Å². The molecule has 122 valence electrons. The number of carbonyl (C=O) groups is 2. The van der Waals surface area contributed by atoms with E-state index in [4.69, 9.17) is 0 Å². The molecule has 1 aromatic heterocycles. The maximum absolute atomic E-state index is 12.8. The molecular formula is C16H20N4O2S. The zero-order valence-corrected chi connectivity index (χ0v) is 14.7. The van der Waals surface area contributed by atoms with Crippen LogP contribution in [0.2, 0.25) is 0 Å². The van der Waals surface area contributed by atoms with E-state index in [1.807, 2.05) is 39.8 Å². The van der Waals surface area contributed by atoms with Crippen LogP contribution in [0.25, 0.3) is 0 Å². The first-order chi connectivity index (χ1) is 10.7. The molecule has 7 heteroatoms. The minimum atomic E-state index is -0.581. The molecule has 23 heavy (non-hydrogen) atoms. The first-order valence-electron chi connectivity index (χ1n) is 7.21. The maximum atomic E-state index is 12.8. The van der Waals surface area contributed by atoms with Crippen molar-refractivity contribution in [1.82, 2.24) is 20.0 Å². The Balaban J connectivity index is 2.30. The fraction of sp³-hybridized carbons (Fsp3) is 0.375. The van der Waals surface area contributed by atoms with E-state index in [9.17, 15) is 9.59 Å². The van der Waals surface area contributed by atoms with E-state index in [1.165, 1.54) is 5.01 Å². The topological polar surface area (TPSA) is 75.2 Å². The van der Waals surface area contributed by atoms with Crippen molar-refractivity contribution in [3.05, 3.63) is 46.0 Å². The van der Waals surface area contributed by atoms with Gasteiger partial charge in [-0.2, -0.15) is 0 Å². The Bertz CT molecular complexity index is 734. The van der Waals surface area contributed by atoms with Gasteiger partial charge in [-0.1, -0.05) is 22.2 Å². The SMILES string of the molecule is Cc1cccc(C(=O)N(NC(=O)c2snnc2C)C(C)(C)C)c1. The van der Waals surface area contributed by atoms with Crippen molar-refractivity contribution in [3.63, 3.8) is 0 Å². The van der Waals surface area contributed by atoms with Crippen LogP contribution in [-0.4, -0.2) is 31.9 Å². The van der Waals surface area contributed by atoms with Crippen molar-refractivity contribution in [2.75, 3.05) is 0 Å². The second-order valence-electron chi connectivity index (χ2n) is 6.31. The summed E-state index contributed by atoms with van der Waals surface area (Å²) in [5.74, 6) is -0.641. The third-order valence-electron chi connectivity index (χ3n) is 3.21.